The number of aromatic nitrogens is 3. The molecule has 4 rings (SSSR count). The van der Waals surface area contributed by atoms with E-state index < -0.39 is 0 Å². The molecule has 3 heterocycles. The van der Waals surface area contributed by atoms with Gasteiger partial charge in [-0.1, -0.05) is 12.2 Å². The lowest BCUT2D eigenvalue weighted by molar-refractivity contribution is 0.0958. The maximum absolute atomic E-state index is 12.3. The summed E-state index contributed by atoms with van der Waals surface area (Å²) < 4.78 is 1.94. The van der Waals surface area contributed by atoms with Crippen molar-refractivity contribution in [2.45, 2.75) is 26.9 Å². The Kier molecular flexibility index (Phi) is 6.77. The van der Waals surface area contributed by atoms with Crippen molar-refractivity contribution in [3.05, 3.63) is 61.9 Å². The Labute approximate surface area is 202 Å². The van der Waals surface area contributed by atoms with Crippen molar-refractivity contribution in [1.82, 2.24) is 24.8 Å². The van der Waals surface area contributed by atoms with Crippen molar-refractivity contribution in [2.24, 2.45) is 0 Å². The van der Waals surface area contributed by atoms with Gasteiger partial charge in [0.1, 0.15) is 10.3 Å². The van der Waals surface area contributed by atoms with Gasteiger partial charge in [-0.15, -0.1) is 0 Å². The van der Waals surface area contributed by atoms with E-state index in [-0.39, 0.29) is 11.6 Å². The molecule has 3 aromatic rings. The van der Waals surface area contributed by atoms with Crippen LogP contribution < -0.4 is 15.9 Å². The van der Waals surface area contributed by atoms with E-state index in [1.165, 1.54) is 4.57 Å². The minimum atomic E-state index is -0.240. The van der Waals surface area contributed by atoms with Gasteiger partial charge in [0.05, 0.1) is 28.5 Å². The molecule has 1 fully saturated rings. The highest BCUT2D eigenvalue weighted by Crippen LogP contribution is 2.23. The number of pyridine rings is 1. The van der Waals surface area contributed by atoms with E-state index in [1.54, 1.807) is 19.2 Å². The molecule has 1 aliphatic heterocycles. The first-order valence-electron chi connectivity index (χ1n) is 11.2. The van der Waals surface area contributed by atoms with Crippen LogP contribution in [-0.4, -0.2) is 58.6 Å². The Morgan fingerprint density at radius 3 is 2.62 bits per heavy atom. The van der Waals surface area contributed by atoms with Crippen molar-refractivity contribution in [2.75, 3.05) is 38.1 Å². The first-order valence-corrected chi connectivity index (χ1v) is 11.6. The molecule has 0 unspecified atom stereocenters. The summed E-state index contributed by atoms with van der Waals surface area (Å²) in [6.45, 7) is 8.10. The van der Waals surface area contributed by atoms with Crippen molar-refractivity contribution in [1.29, 1.82) is 5.26 Å². The number of nitrogens with zero attached hydrogens (tertiary/aromatic N) is 5. The van der Waals surface area contributed by atoms with Crippen LogP contribution in [0.15, 0.2) is 29.1 Å². The Hall–Kier alpha value is -3.55. The highest BCUT2D eigenvalue weighted by Gasteiger charge is 2.21. The van der Waals surface area contributed by atoms with Crippen LogP contribution in [-0.2, 0) is 13.1 Å². The van der Waals surface area contributed by atoms with E-state index in [0.29, 0.717) is 39.9 Å². The standard InChI is InChI=1S/C24H27N7O2S/c1-4-31-23(34)18-11-16(13-25)17(12-20(18)28-24(31)33)14-29-7-9-30(10-8-29)21-6-5-19(22(32)26-3)27-15(21)2/h5-6,11-12H,4,7-10,14H2,1-3H3,(H,26,32)(H,28,33). The number of carbonyl (C=O) groups excluding carboxylic acids is 1. The SMILES string of the molecule is CCn1c(=O)[nH]c2cc(CN3CCN(c4ccc(C(=O)NC)nc4C)CC3)c(C#N)cc2c1=S. The zero-order chi connectivity index (χ0) is 24.4. The van der Waals surface area contributed by atoms with Crippen LogP contribution in [0.1, 0.15) is 34.2 Å². The highest BCUT2D eigenvalue weighted by atomic mass is 32.1. The third kappa shape index (κ3) is 4.44. The van der Waals surface area contributed by atoms with Gasteiger partial charge in [0.15, 0.2) is 0 Å². The van der Waals surface area contributed by atoms with Gasteiger partial charge in [-0.05, 0) is 43.7 Å². The lowest BCUT2D eigenvalue weighted by Crippen LogP contribution is -2.46. The van der Waals surface area contributed by atoms with Crippen LogP contribution in [0.3, 0.4) is 0 Å². The van der Waals surface area contributed by atoms with Crippen LogP contribution in [0.5, 0.6) is 0 Å². The molecule has 1 saturated heterocycles. The highest BCUT2D eigenvalue weighted by molar-refractivity contribution is 7.71. The third-order valence-corrected chi connectivity index (χ3v) is 6.71. The van der Waals surface area contributed by atoms with Crippen LogP contribution in [0.4, 0.5) is 5.69 Å². The number of hydrogen-bond acceptors (Lipinski definition) is 7. The average molecular weight is 478 g/mol. The molecule has 1 amide bonds. The molecule has 0 bridgehead atoms. The number of aromatic amines is 1. The van der Waals surface area contributed by atoms with Gasteiger partial charge in [0.2, 0.25) is 0 Å². The fourth-order valence-electron chi connectivity index (χ4n) is 4.40. The van der Waals surface area contributed by atoms with Gasteiger partial charge < -0.3 is 15.2 Å². The number of anilines is 1. The Morgan fingerprint density at radius 2 is 2.00 bits per heavy atom. The van der Waals surface area contributed by atoms with Gasteiger partial charge >= 0.3 is 5.69 Å². The molecule has 2 N–H and O–H groups in total. The molecule has 1 aromatic carbocycles. The summed E-state index contributed by atoms with van der Waals surface area (Å²) in [5.74, 6) is -0.197. The fourth-order valence-corrected chi connectivity index (χ4v) is 4.78. The molecule has 0 atom stereocenters. The predicted molar refractivity (Wildman–Crippen MR) is 134 cm³/mol. The number of nitriles is 1. The number of nitrogens with one attached hydrogen (secondary N) is 2. The maximum atomic E-state index is 12.3. The smallest absolute Gasteiger partial charge is 0.326 e. The van der Waals surface area contributed by atoms with Crippen molar-refractivity contribution < 1.29 is 4.79 Å². The number of benzene rings is 1. The normalized spacial score (nSPS) is 14.2. The van der Waals surface area contributed by atoms with Crippen LogP contribution in [0.25, 0.3) is 10.9 Å². The molecule has 2 aromatic heterocycles. The van der Waals surface area contributed by atoms with Crippen LogP contribution >= 0.6 is 12.2 Å². The van der Waals surface area contributed by atoms with Crippen molar-refractivity contribution in [3.63, 3.8) is 0 Å². The largest absolute Gasteiger partial charge is 0.368 e. The second kappa shape index (κ2) is 9.75. The molecule has 10 heteroatoms. The summed E-state index contributed by atoms with van der Waals surface area (Å²) in [5.41, 5.74) is 4.11. The number of rotatable bonds is 5. The first-order chi connectivity index (χ1) is 16.4. The average Bonchev–Trinajstić information content (AvgIpc) is 2.84. The van der Waals surface area contributed by atoms with Gasteiger partial charge in [0.25, 0.3) is 5.91 Å². The zero-order valence-electron chi connectivity index (χ0n) is 19.5. The summed E-state index contributed by atoms with van der Waals surface area (Å²) in [6.07, 6.45) is 0. The van der Waals surface area contributed by atoms with Crippen LogP contribution in [0.2, 0.25) is 0 Å². The van der Waals surface area contributed by atoms with E-state index in [0.717, 1.165) is 43.1 Å². The monoisotopic (exact) mass is 477 g/mol. The molecule has 0 saturated carbocycles. The van der Waals surface area contributed by atoms with E-state index in [9.17, 15) is 14.9 Å². The van der Waals surface area contributed by atoms with Gasteiger partial charge in [-0.3, -0.25) is 14.3 Å². The lowest BCUT2D eigenvalue weighted by atomic mass is 10.0. The Morgan fingerprint density at radius 1 is 1.26 bits per heavy atom. The minimum absolute atomic E-state index is 0.197. The number of fused-ring (bicyclic) bond motifs is 1. The predicted octanol–water partition coefficient (Wildman–Crippen LogP) is 2.34. The van der Waals surface area contributed by atoms with E-state index in [1.807, 2.05) is 26.0 Å². The van der Waals surface area contributed by atoms with Crippen LogP contribution in [0, 0.1) is 22.9 Å². The number of H-pyrrole nitrogens is 1. The Balaban J connectivity index is 1.52. The molecular formula is C24H27N7O2S. The molecule has 176 valence electrons. The number of aryl methyl sites for hydroxylation is 1. The van der Waals surface area contributed by atoms with E-state index in [4.69, 9.17) is 12.2 Å². The molecular weight excluding hydrogens is 450 g/mol. The second-order valence-corrected chi connectivity index (χ2v) is 8.68. The van der Waals surface area contributed by atoms with Crippen molar-refractivity contribution in [3.8, 4) is 6.07 Å². The van der Waals surface area contributed by atoms with Gasteiger partial charge in [-0.2, -0.15) is 5.26 Å². The zero-order valence-corrected chi connectivity index (χ0v) is 20.3. The summed E-state index contributed by atoms with van der Waals surface area (Å²) in [7, 11) is 1.59. The molecule has 0 radical (unpaired) electrons. The maximum Gasteiger partial charge on any atom is 0.326 e. The van der Waals surface area contributed by atoms with E-state index >= 15 is 0 Å². The number of piperazine rings is 1. The van der Waals surface area contributed by atoms with Gasteiger partial charge in [-0.25, -0.2) is 9.78 Å². The van der Waals surface area contributed by atoms with E-state index in [2.05, 4.69) is 31.2 Å². The lowest BCUT2D eigenvalue weighted by Gasteiger charge is -2.36. The topological polar surface area (TPSA) is 110 Å². The molecule has 9 nitrogen and oxygen atoms in total. The molecule has 34 heavy (non-hydrogen) atoms. The first kappa shape index (κ1) is 23.6. The molecule has 0 spiro atoms. The second-order valence-electron chi connectivity index (χ2n) is 8.29. The summed E-state index contributed by atoms with van der Waals surface area (Å²) >= 11 is 5.48. The quantitative estimate of drug-likeness (QED) is 0.543. The summed E-state index contributed by atoms with van der Waals surface area (Å²) in [5, 5.41) is 13.1. The number of amides is 1. The number of carbonyl (C=O) groups is 1. The molecule has 1 aliphatic rings. The molecule has 0 aliphatic carbocycles. The number of hydrogen-bond donors (Lipinski definition) is 2. The third-order valence-electron chi connectivity index (χ3n) is 6.27. The van der Waals surface area contributed by atoms with Crippen molar-refractivity contribution >= 4 is 34.7 Å². The Bertz CT molecular complexity index is 1410. The summed E-state index contributed by atoms with van der Waals surface area (Å²) in [4.78, 5) is 36.1. The summed E-state index contributed by atoms with van der Waals surface area (Å²) in [6, 6.07) is 9.65. The minimum Gasteiger partial charge on any atom is -0.368 e. The fraction of sp³-hybridized carbons (Fsp3) is 0.375. The van der Waals surface area contributed by atoms with Gasteiger partial charge in [0, 0.05) is 51.7 Å².